The Labute approximate surface area is 215 Å². The van der Waals surface area contributed by atoms with Crippen LogP contribution in [0.5, 0.6) is 0 Å². The van der Waals surface area contributed by atoms with Gasteiger partial charge in [0.1, 0.15) is 6.33 Å². The van der Waals surface area contributed by atoms with Gasteiger partial charge in [-0.3, -0.25) is 9.69 Å². The lowest BCUT2D eigenvalue weighted by Crippen LogP contribution is -2.39. The summed E-state index contributed by atoms with van der Waals surface area (Å²) >= 11 is 0. The molecule has 0 saturated carbocycles. The molecule has 10 nitrogen and oxygen atoms in total. The van der Waals surface area contributed by atoms with E-state index in [0.717, 1.165) is 64.8 Å². The molecular formula is C26H33N6O4P. The largest absolute Gasteiger partial charge is 0.434 e. The average Bonchev–Trinajstić information content (AvgIpc) is 3.43. The Bertz CT molecular complexity index is 1560. The lowest BCUT2D eigenvalue weighted by molar-refractivity contribution is -0.119. The molecule has 4 aromatic rings. The summed E-state index contributed by atoms with van der Waals surface area (Å²) in [5.41, 5.74) is 11.7. The molecule has 3 aromatic heterocycles. The fourth-order valence-electron chi connectivity index (χ4n) is 5.77. The lowest BCUT2D eigenvalue weighted by Gasteiger charge is -2.31. The van der Waals surface area contributed by atoms with E-state index in [2.05, 4.69) is 21.0 Å². The molecule has 11 heteroatoms. The molecule has 196 valence electrons. The molecule has 0 aliphatic carbocycles. The second-order valence-electron chi connectivity index (χ2n) is 10.4. The standard InChI is InChI=1S/C26H33N6O4P/c1-15(2)24-20-11-19(18-7-9-30(10-8-18)13-23(27)33)5-6-22(20)32(37(34,35)36)25(24)21-12-31-26(28-14-29-31)17(4)16(21)3/h5-6,11-12,14-15,18H,7-10,13H2,1-4H3,(H2,27,33)(H2,34,35,36). The zero-order valence-corrected chi connectivity index (χ0v) is 22.4. The minimum Gasteiger partial charge on any atom is -0.369 e. The molecule has 1 aromatic carbocycles. The van der Waals surface area contributed by atoms with Crippen LogP contribution in [0.25, 0.3) is 27.8 Å². The molecule has 5 rings (SSSR count). The summed E-state index contributed by atoms with van der Waals surface area (Å²) in [5.74, 6) is -0.0163. The number of amides is 1. The third-order valence-corrected chi connectivity index (χ3v) is 8.60. The van der Waals surface area contributed by atoms with Gasteiger partial charge in [-0.05, 0) is 86.0 Å². The maximum absolute atomic E-state index is 13.0. The van der Waals surface area contributed by atoms with Gasteiger partial charge in [0.25, 0.3) is 0 Å². The number of aromatic nitrogens is 4. The van der Waals surface area contributed by atoms with Gasteiger partial charge in [0.05, 0.1) is 17.8 Å². The van der Waals surface area contributed by atoms with Gasteiger partial charge in [-0.1, -0.05) is 19.9 Å². The van der Waals surface area contributed by atoms with Crippen molar-refractivity contribution >= 4 is 30.2 Å². The number of carbonyl (C=O) groups is 1. The zero-order valence-electron chi connectivity index (χ0n) is 21.5. The highest BCUT2D eigenvalue weighted by atomic mass is 31.2. The Hall–Kier alpha value is -3.04. The smallest absolute Gasteiger partial charge is 0.369 e. The number of benzene rings is 1. The molecule has 0 atom stereocenters. The fourth-order valence-corrected chi connectivity index (χ4v) is 6.70. The molecule has 0 unspecified atom stereocenters. The first kappa shape index (κ1) is 25.6. The molecule has 1 aliphatic rings. The summed E-state index contributed by atoms with van der Waals surface area (Å²) in [4.78, 5) is 38.9. The molecule has 0 radical (unpaired) electrons. The van der Waals surface area contributed by atoms with Crippen molar-refractivity contribution in [2.75, 3.05) is 19.6 Å². The number of hydrogen-bond donors (Lipinski definition) is 3. The summed E-state index contributed by atoms with van der Waals surface area (Å²) in [6.07, 6.45) is 5.08. The number of piperidine rings is 1. The van der Waals surface area contributed by atoms with Gasteiger partial charge in [0.15, 0.2) is 5.65 Å². The van der Waals surface area contributed by atoms with Crippen molar-refractivity contribution < 1.29 is 19.1 Å². The predicted octanol–water partition coefficient (Wildman–Crippen LogP) is 3.70. The van der Waals surface area contributed by atoms with Gasteiger partial charge in [-0.15, -0.1) is 0 Å². The number of aryl methyl sites for hydroxylation is 1. The second-order valence-corrected chi connectivity index (χ2v) is 11.8. The number of primary amides is 1. The predicted molar refractivity (Wildman–Crippen MR) is 143 cm³/mol. The van der Waals surface area contributed by atoms with E-state index in [1.54, 1.807) is 4.52 Å². The van der Waals surface area contributed by atoms with Crippen LogP contribution in [-0.4, -0.2) is 59.2 Å². The second kappa shape index (κ2) is 9.36. The van der Waals surface area contributed by atoms with Crippen LogP contribution >= 0.6 is 7.75 Å². The third-order valence-electron chi connectivity index (χ3n) is 7.66. The van der Waals surface area contributed by atoms with Crippen molar-refractivity contribution in [2.24, 2.45) is 5.73 Å². The van der Waals surface area contributed by atoms with Crippen LogP contribution in [0.1, 0.15) is 60.8 Å². The van der Waals surface area contributed by atoms with Crippen molar-refractivity contribution in [2.45, 2.75) is 52.4 Å². The molecule has 1 fully saturated rings. The first-order chi connectivity index (χ1) is 17.5. The number of rotatable bonds is 6. The summed E-state index contributed by atoms with van der Waals surface area (Å²) in [5, 5.41) is 5.14. The van der Waals surface area contributed by atoms with Gasteiger partial charge in [0.2, 0.25) is 5.91 Å². The molecule has 4 N–H and O–H groups in total. The molecular weight excluding hydrogens is 491 g/mol. The monoisotopic (exact) mass is 524 g/mol. The number of hydrogen-bond acceptors (Lipinski definition) is 5. The first-order valence-electron chi connectivity index (χ1n) is 12.5. The average molecular weight is 525 g/mol. The number of nitrogens with two attached hydrogens (primary N) is 1. The van der Waals surface area contributed by atoms with Gasteiger partial charge in [-0.2, -0.15) is 5.10 Å². The van der Waals surface area contributed by atoms with Gasteiger partial charge < -0.3 is 15.5 Å². The highest BCUT2D eigenvalue weighted by Crippen LogP contribution is 2.51. The van der Waals surface area contributed by atoms with Crippen molar-refractivity contribution in [1.29, 1.82) is 0 Å². The zero-order chi connectivity index (χ0) is 26.6. The van der Waals surface area contributed by atoms with E-state index in [0.29, 0.717) is 17.1 Å². The van der Waals surface area contributed by atoms with E-state index in [1.165, 1.54) is 10.7 Å². The number of fused-ring (bicyclic) bond motifs is 2. The Balaban J connectivity index is 1.70. The summed E-state index contributed by atoms with van der Waals surface area (Å²) in [6, 6.07) is 5.92. The summed E-state index contributed by atoms with van der Waals surface area (Å²) in [6.45, 7) is 9.84. The van der Waals surface area contributed by atoms with Crippen LogP contribution in [0.15, 0.2) is 30.7 Å². The Morgan fingerprint density at radius 2 is 1.89 bits per heavy atom. The molecule has 37 heavy (non-hydrogen) atoms. The quantitative estimate of drug-likeness (QED) is 0.327. The maximum Gasteiger partial charge on any atom is 0.434 e. The number of nitrogens with zero attached hydrogens (tertiary/aromatic N) is 5. The van der Waals surface area contributed by atoms with Gasteiger partial charge >= 0.3 is 7.75 Å². The van der Waals surface area contributed by atoms with E-state index >= 15 is 0 Å². The van der Waals surface area contributed by atoms with Crippen molar-refractivity contribution in [3.05, 3.63) is 53.0 Å². The Morgan fingerprint density at radius 1 is 1.19 bits per heavy atom. The molecule has 0 spiro atoms. The minimum atomic E-state index is -4.71. The van der Waals surface area contributed by atoms with Crippen LogP contribution in [0, 0.1) is 13.8 Å². The highest BCUT2D eigenvalue weighted by Gasteiger charge is 2.32. The van der Waals surface area contributed by atoms with E-state index in [4.69, 9.17) is 5.73 Å². The van der Waals surface area contributed by atoms with Crippen LogP contribution in [-0.2, 0) is 9.36 Å². The summed E-state index contributed by atoms with van der Waals surface area (Å²) in [7, 11) is -4.71. The lowest BCUT2D eigenvalue weighted by atomic mass is 9.87. The molecule has 4 heterocycles. The van der Waals surface area contributed by atoms with Crippen LogP contribution in [0.2, 0.25) is 0 Å². The number of carbonyl (C=O) groups excluding carboxylic acids is 1. The molecule has 1 amide bonds. The number of likely N-dealkylation sites (tertiary alicyclic amines) is 1. The normalized spacial score (nSPS) is 15.9. The van der Waals surface area contributed by atoms with E-state index in [-0.39, 0.29) is 18.4 Å². The molecule has 0 bridgehead atoms. The van der Waals surface area contributed by atoms with Crippen LogP contribution in [0.4, 0.5) is 0 Å². The maximum atomic E-state index is 13.0. The van der Waals surface area contributed by atoms with E-state index in [9.17, 15) is 19.1 Å². The fraction of sp³-hybridized carbons (Fsp3) is 0.423. The third kappa shape index (κ3) is 4.48. The van der Waals surface area contributed by atoms with E-state index < -0.39 is 7.75 Å². The Morgan fingerprint density at radius 3 is 2.51 bits per heavy atom. The SMILES string of the molecule is Cc1c(-c2c(C(C)C)c3cc(C4CCN(CC(N)=O)CC4)ccc3n2P(=O)(O)O)cn2ncnc2c1C. The van der Waals surface area contributed by atoms with Crippen molar-refractivity contribution in [1.82, 2.24) is 23.8 Å². The van der Waals surface area contributed by atoms with Gasteiger partial charge in [0, 0.05) is 17.1 Å². The van der Waals surface area contributed by atoms with Crippen LogP contribution < -0.4 is 5.73 Å². The van der Waals surface area contributed by atoms with Crippen molar-refractivity contribution in [3.8, 4) is 11.3 Å². The first-order valence-corrected chi connectivity index (χ1v) is 14.1. The van der Waals surface area contributed by atoms with Gasteiger partial charge in [-0.25, -0.2) is 18.4 Å². The van der Waals surface area contributed by atoms with Crippen LogP contribution in [0.3, 0.4) is 0 Å². The van der Waals surface area contributed by atoms with E-state index in [1.807, 2.05) is 46.0 Å². The Kier molecular flexibility index (Phi) is 6.48. The molecule has 1 aliphatic heterocycles. The highest BCUT2D eigenvalue weighted by molar-refractivity contribution is 7.50. The summed E-state index contributed by atoms with van der Waals surface area (Å²) < 4.78 is 15.8. The topological polar surface area (TPSA) is 139 Å². The minimum absolute atomic E-state index is 0.00381. The van der Waals surface area contributed by atoms with Crippen molar-refractivity contribution in [3.63, 3.8) is 0 Å². The number of pyridine rings is 1. The molecule has 1 saturated heterocycles.